The molecule has 25 nitrogen and oxygen atoms in total. The minimum Gasteiger partial charge on any atom is -0.744 e. The first-order valence-corrected chi connectivity index (χ1v) is 30.3. The minimum absolute atomic E-state index is 0.0181. The highest BCUT2D eigenvalue weighted by atomic mass is 32.2. The van der Waals surface area contributed by atoms with Crippen LogP contribution in [0.1, 0.15) is 77.3 Å². The van der Waals surface area contributed by atoms with Crippen molar-refractivity contribution in [1.29, 1.82) is 0 Å². The predicted octanol–water partition coefficient (Wildman–Crippen LogP) is 0.198. The molecular formula is C43H46N5O20P3S2. The van der Waals surface area contributed by atoms with Crippen molar-refractivity contribution in [2.75, 3.05) is 44.2 Å². The van der Waals surface area contributed by atoms with Gasteiger partial charge in [0.2, 0.25) is 15.4 Å². The lowest BCUT2D eigenvalue weighted by Gasteiger charge is -2.39. The van der Waals surface area contributed by atoms with E-state index in [0.29, 0.717) is 27.9 Å². The fourth-order valence-electron chi connectivity index (χ4n) is 10.5. The highest BCUT2D eigenvalue weighted by Gasteiger charge is 2.43. The largest absolute Gasteiger partial charge is 0.744 e. The van der Waals surface area contributed by atoms with Crippen LogP contribution in [0.15, 0.2) is 55.9 Å². The number of aliphatic hydroxyl groups is 1. The summed E-state index contributed by atoms with van der Waals surface area (Å²) in [5.41, 5.74) is 3.94. The van der Waals surface area contributed by atoms with Gasteiger partial charge in [0.1, 0.15) is 52.6 Å². The Morgan fingerprint density at radius 1 is 0.877 bits per heavy atom. The molecule has 5 atom stereocenters. The lowest BCUT2D eigenvalue weighted by Crippen LogP contribution is -2.45. The van der Waals surface area contributed by atoms with Gasteiger partial charge in [-0.25, -0.2) is 39.9 Å². The quantitative estimate of drug-likeness (QED) is 0.0358. The number of aryl methyl sites for hydroxylation is 2. The van der Waals surface area contributed by atoms with Gasteiger partial charge in [-0.1, -0.05) is 17.9 Å². The summed E-state index contributed by atoms with van der Waals surface area (Å²) in [6.45, 7) is 1.87. The van der Waals surface area contributed by atoms with Gasteiger partial charge in [-0.2, -0.15) is 13.3 Å². The number of fused-ring (bicyclic) bond motifs is 4. The Balaban J connectivity index is 0.929. The Morgan fingerprint density at radius 2 is 1.59 bits per heavy atom. The highest BCUT2D eigenvalue weighted by Crippen LogP contribution is 2.66. The molecule has 10 rings (SSSR count). The number of nitrogens with one attached hydrogen (secondary N) is 2. The molecule has 6 aliphatic heterocycles. The molecule has 73 heavy (non-hydrogen) atoms. The molecule has 390 valence electrons. The Morgan fingerprint density at radius 3 is 2.33 bits per heavy atom. The van der Waals surface area contributed by atoms with Crippen LogP contribution in [0.25, 0.3) is 5.57 Å². The number of hydrogen-bond acceptors (Lipinski definition) is 17. The van der Waals surface area contributed by atoms with E-state index in [1.165, 1.54) is 12.1 Å². The third kappa shape index (κ3) is 10.4. The maximum atomic E-state index is 13.8. The van der Waals surface area contributed by atoms with E-state index in [-0.39, 0.29) is 5.56 Å². The van der Waals surface area contributed by atoms with Crippen LogP contribution in [0, 0.1) is 11.8 Å². The summed E-state index contributed by atoms with van der Waals surface area (Å²) >= 11 is 0. The number of phosphoric ester groups is 1. The third-order valence-electron chi connectivity index (χ3n) is 13.4. The molecule has 4 aromatic rings. The number of aromatic amines is 1. The standard InChI is InChI=1S/C43H46N5O20P3S2/c49-33-21-36(65-34(33)23-64-70(55,56)68-71(57,58)67-69(52,53)54)48-22-26(42(50)45-43(48)51)6-1-13-44-72(59,60)27-11-12-28(35(20-27)73(61,62)63)37-31-18-24-7-2-14-46-16-4-9-29(38(24)46)40(31)66-41-30-10-5-17-47-15-3-8-25(39(30)47)19-32(37)41/h11-12,18-20,22,33-34,36,44,49H,2-5,7-10,13-17,21,23H2,(H5-,45,50,51,52,53,54,55,56,57,58,61,62,63)/t33-,34+,36+/m0/s1. The van der Waals surface area contributed by atoms with Crippen LogP contribution >= 0.6 is 23.5 Å². The summed E-state index contributed by atoms with van der Waals surface area (Å²) in [5.74, 6) is 6.06. The molecule has 0 saturated carbocycles. The van der Waals surface area contributed by atoms with E-state index in [1.54, 1.807) is 0 Å². The lowest BCUT2D eigenvalue weighted by molar-refractivity contribution is -0.0450. The number of benzene rings is 3. The molecule has 1 aromatic heterocycles. The van der Waals surface area contributed by atoms with Crippen molar-refractivity contribution >= 4 is 54.9 Å². The fourth-order valence-corrected chi connectivity index (χ4v) is 15.3. The summed E-state index contributed by atoms with van der Waals surface area (Å²) in [6.07, 6.45) is 2.67. The van der Waals surface area contributed by atoms with E-state index in [1.807, 2.05) is 17.1 Å². The van der Waals surface area contributed by atoms with E-state index >= 15 is 0 Å². The number of nitrogens with zero attached hydrogens (tertiary/aromatic N) is 3. The number of aliphatic hydroxyl groups excluding tert-OH is 1. The first-order valence-electron chi connectivity index (χ1n) is 22.9. The molecule has 1 fully saturated rings. The molecule has 7 heterocycles. The van der Waals surface area contributed by atoms with Gasteiger partial charge in [0, 0.05) is 77.3 Å². The predicted molar refractivity (Wildman–Crippen MR) is 252 cm³/mol. The minimum atomic E-state index is -5.84. The summed E-state index contributed by atoms with van der Waals surface area (Å²) < 4.78 is 132. The van der Waals surface area contributed by atoms with Crippen molar-refractivity contribution in [3.05, 3.63) is 107 Å². The van der Waals surface area contributed by atoms with Crippen molar-refractivity contribution in [3.63, 3.8) is 0 Å². The molecule has 0 aliphatic carbocycles. The second-order valence-corrected chi connectivity index (χ2v) is 25.6. The first-order chi connectivity index (χ1) is 34.4. The summed E-state index contributed by atoms with van der Waals surface area (Å²) in [5, 5.41) is 12.3. The number of phosphoric acid groups is 3. The molecule has 30 heteroatoms. The van der Waals surface area contributed by atoms with Gasteiger partial charge in [0.25, 0.3) is 5.56 Å². The zero-order valence-corrected chi connectivity index (χ0v) is 42.5. The smallest absolute Gasteiger partial charge is 0.490 e. The molecular weight excluding hydrogens is 1060 g/mol. The maximum Gasteiger partial charge on any atom is 0.490 e. The molecule has 2 unspecified atom stereocenters. The lowest BCUT2D eigenvalue weighted by atomic mass is 9.82. The monoisotopic (exact) mass is 1110 g/mol. The maximum absolute atomic E-state index is 13.8. The topological polar surface area (TPSA) is 363 Å². The number of H-pyrrole nitrogens is 1. The molecule has 6 aliphatic rings. The molecule has 1 saturated heterocycles. The van der Waals surface area contributed by atoms with Crippen LogP contribution in [0.2, 0.25) is 0 Å². The van der Waals surface area contributed by atoms with Crippen LogP contribution in [0.5, 0.6) is 11.5 Å². The molecule has 0 bridgehead atoms. The fraction of sp³-hybridized carbons (Fsp3) is 0.419. The molecule has 3 aromatic carbocycles. The Labute approximate surface area is 415 Å². The average Bonchev–Trinajstić information content (AvgIpc) is 3.68. The Hall–Kier alpha value is -4.68. The summed E-state index contributed by atoms with van der Waals surface area (Å²) in [6, 6.07) is 7.38. The number of ether oxygens (including phenoxy) is 2. The van der Waals surface area contributed by atoms with E-state index in [2.05, 4.69) is 39.2 Å². The van der Waals surface area contributed by atoms with E-state index < -0.39 is 108 Å². The zero-order valence-electron chi connectivity index (χ0n) is 38.2. The van der Waals surface area contributed by atoms with Crippen molar-refractivity contribution in [3.8, 4) is 23.3 Å². The van der Waals surface area contributed by atoms with Crippen molar-refractivity contribution < 1.29 is 82.4 Å². The SMILES string of the molecule is O=c1[nH]c(=O)n([C@H]2C[C@H](O)[C@@H](COP(=O)(O)OP(=O)(O)OP(=O)(O)O)O2)cc1C#CCNS(=O)(=O)c1ccc(C2=c3cc4c5c(c3Oc3c2cc2c6c3CCCN6CCC2)CCC[N+]=5CCC4)c(S(=O)(=O)[O-])c1. The van der Waals surface area contributed by atoms with Crippen LogP contribution < -0.4 is 40.8 Å². The van der Waals surface area contributed by atoms with E-state index in [0.717, 1.165) is 128 Å². The van der Waals surface area contributed by atoms with Gasteiger partial charge in [-0.3, -0.25) is 18.9 Å². The van der Waals surface area contributed by atoms with Gasteiger partial charge in [0.05, 0.1) is 34.6 Å². The van der Waals surface area contributed by atoms with Gasteiger partial charge in [-0.05, 0) is 68.4 Å². The Bertz CT molecular complexity index is 3730. The van der Waals surface area contributed by atoms with E-state index in [9.17, 15) is 59.6 Å². The number of anilines is 1. The highest BCUT2D eigenvalue weighted by molar-refractivity contribution is 7.89. The average molecular weight is 1110 g/mol. The zero-order chi connectivity index (χ0) is 52.0. The number of sulfonamides is 1. The second-order valence-electron chi connectivity index (χ2n) is 18.1. The Kier molecular flexibility index (Phi) is 13.6. The van der Waals surface area contributed by atoms with Crippen molar-refractivity contribution in [2.24, 2.45) is 0 Å². The first kappa shape index (κ1) is 51.8. The third-order valence-corrected chi connectivity index (χ3v) is 19.4. The summed E-state index contributed by atoms with van der Waals surface area (Å²) in [4.78, 5) is 65.2. The number of aromatic nitrogens is 2. The van der Waals surface area contributed by atoms with Crippen molar-refractivity contribution in [2.45, 2.75) is 86.0 Å². The van der Waals surface area contributed by atoms with Crippen LogP contribution in [-0.2, 0) is 77.4 Å². The second kappa shape index (κ2) is 19.2. The molecule has 0 spiro atoms. The van der Waals surface area contributed by atoms with Crippen LogP contribution in [0.4, 0.5) is 5.69 Å². The van der Waals surface area contributed by atoms with Gasteiger partial charge >= 0.3 is 29.2 Å². The molecule has 7 N–H and O–H groups in total. The van der Waals surface area contributed by atoms with Crippen LogP contribution in [-0.4, -0.2) is 107 Å². The van der Waals surface area contributed by atoms with Gasteiger partial charge in [-0.15, -0.1) is 0 Å². The van der Waals surface area contributed by atoms with Gasteiger partial charge in [0.15, 0.2) is 0 Å². The molecule has 0 amide bonds. The van der Waals surface area contributed by atoms with Crippen molar-refractivity contribution in [1.82, 2.24) is 18.8 Å². The summed E-state index contributed by atoms with van der Waals surface area (Å²) in [7, 11) is -27.1. The van der Waals surface area contributed by atoms with Crippen LogP contribution in [0.3, 0.4) is 0 Å². The van der Waals surface area contributed by atoms with E-state index in [4.69, 9.17) is 19.3 Å². The van der Waals surface area contributed by atoms with Gasteiger partial charge < -0.3 is 43.6 Å². The molecule has 0 radical (unpaired) electrons. The number of hydrogen-bond donors (Lipinski definition) is 7. The number of rotatable bonds is 13. The normalized spacial score (nSPS) is 21.9.